The first kappa shape index (κ1) is 20.0. The third-order valence-electron chi connectivity index (χ3n) is 4.57. The molecule has 1 heterocycles. The molecular formula is C19H21BrN2O4S. The van der Waals surface area contributed by atoms with Crippen LogP contribution in [-0.4, -0.2) is 42.9 Å². The van der Waals surface area contributed by atoms with Crippen molar-refractivity contribution < 1.29 is 18.3 Å². The van der Waals surface area contributed by atoms with Gasteiger partial charge in [0.05, 0.1) is 11.5 Å². The predicted molar refractivity (Wildman–Crippen MR) is 107 cm³/mol. The molecule has 1 amide bonds. The van der Waals surface area contributed by atoms with Gasteiger partial charge in [0.1, 0.15) is 0 Å². The molecular weight excluding hydrogens is 432 g/mol. The molecule has 1 unspecified atom stereocenters. The first-order valence-electron chi connectivity index (χ1n) is 8.71. The topological polar surface area (TPSA) is 86.7 Å². The molecule has 0 aromatic heterocycles. The van der Waals surface area contributed by atoms with Crippen LogP contribution in [0.2, 0.25) is 0 Å². The van der Waals surface area contributed by atoms with E-state index in [4.69, 9.17) is 0 Å². The van der Waals surface area contributed by atoms with E-state index in [9.17, 15) is 18.3 Å². The molecule has 1 aliphatic heterocycles. The number of piperidine rings is 1. The summed E-state index contributed by atoms with van der Waals surface area (Å²) in [4.78, 5) is 12.6. The number of hydrogen-bond acceptors (Lipinski definition) is 4. The summed E-state index contributed by atoms with van der Waals surface area (Å²) in [7, 11) is -3.77. The molecule has 8 heteroatoms. The largest absolute Gasteiger partial charge is 0.395 e. The van der Waals surface area contributed by atoms with E-state index in [-0.39, 0.29) is 23.0 Å². The summed E-state index contributed by atoms with van der Waals surface area (Å²) in [6.45, 7) is 0.171. The number of carbonyl (C=O) groups is 1. The van der Waals surface area contributed by atoms with Crippen molar-refractivity contribution in [3.05, 3.63) is 58.6 Å². The van der Waals surface area contributed by atoms with E-state index in [0.29, 0.717) is 18.7 Å². The van der Waals surface area contributed by atoms with Gasteiger partial charge < -0.3 is 10.4 Å². The lowest BCUT2D eigenvalue weighted by Gasteiger charge is -2.33. The van der Waals surface area contributed by atoms with Crippen LogP contribution in [0.5, 0.6) is 0 Å². The highest BCUT2D eigenvalue weighted by molar-refractivity contribution is 9.10. The number of hydrogen-bond donors (Lipinski definition) is 2. The maximum atomic E-state index is 13.0. The average Bonchev–Trinajstić information content (AvgIpc) is 2.68. The Hall–Kier alpha value is -1.74. The van der Waals surface area contributed by atoms with Crippen molar-refractivity contribution in [2.24, 2.45) is 0 Å². The fraction of sp³-hybridized carbons (Fsp3) is 0.316. The molecule has 1 aliphatic rings. The number of halogens is 1. The summed E-state index contributed by atoms with van der Waals surface area (Å²) in [6.07, 6.45) is 2.30. The number of aliphatic hydroxyl groups excluding tert-OH is 1. The monoisotopic (exact) mass is 452 g/mol. The first-order chi connectivity index (χ1) is 12.9. The van der Waals surface area contributed by atoms with Crippen molar-refractivity contribution in [3.63, 3.8) is 0 Å². The minimum Gasteiger partial charge on any atom is -0.395 e. The fourth-order valence-corrected chi connectivity index (χ4v) is 5.31. The zero-order chi connectivity index (χ0) is 19.4. The average molecular weight is 453 g/mol. The fourth-order valence-electron chi connectivity index (χ4n) is 3.18. The molecule has 2 aromatic rings. The Morgan fingerprint density at radius 2 is 1.96 bits per heavy atom. The van der Waals surface area contributed by atoms with Crippen molar-refractivity contribution in [3.8, 4) is 0 Å². The van der Waals surface area contributed by atoms with Crippen molar-refractivity contribution in [1.29, 1.82) is 0 Å². The summed E-state index contributed by atoms with van der Waals surface area (Å²) >= 11 is 3.35. The van der Waals surface area contributed by atoms with Crippen molar-refractivity contribution >= 4 is 37.5 Å². The lowest BCUT2D eigenvalue weighted by atomic mass is 10.1. The number of amides is 1. The van der Waals surface area contributed by atoms with E-state index >= 15 is 0 Å². The Labute approximate surface area is 167 Å². The molecule has 1 saturated heterocycles. The zero-order valence-corrected chi connectivity index (χ0v) is 17.0. The van der Waals surface area contributed by atoms with Gasteiger partial charge in [-0.15, -0.1) is 0 Å². The third-order valence-corrected chi connectivity index (χ3v) is 7.01. The second-order valence-electron chi connectivity index (χ2n) is 6.44. The Morgan fingerprint density at radius 3 is 2.70 bits per heavy atom. The molecule has 144 valence electrons. The van der Waals surface area contributed by atoms with Crippen LogP contribution in [0.4, 0.5) is 5.69 Å². The molecule has 0 spiro atoms. The Morgan fingerprint density at radius 1 is 1.19 bits per heavy atom. The number of benzene rings is 2. The molecule has 2 N–H and O–H groups in total. The van der Waals surface area contributed by atoms with Crippen LogP contribution in [-0.2, 0) is 10.0 Å². The van der Waals surface area contributed by atoms with Gasteiger partial charge in [0.2, 0.25) is 10.0 Å². The van der Waals surface area contributed by atoms with E-state index in [1.54, 1.807) is 30.3 Å². The molecule has 6 nitrogen and oxygen atoms in total. The number of sulfonamides is 1. The van der Waals surface area contributed by atoms with Crippen LogP contribution in [0, 0.1) is 0 Å². The molecule has 1 atom stereocenters. The highest BCUT2D eigenvalue weighted by Crippen LogP contribution is 2.26. The molecule has 0 radical (unpaired) electrons. The van der Waals surface area contributed by atoms with Crippen LogP contribution in [0.3, 0.4) is 0 Å². The summed E-state index contributed by atoms with van der Waals surface area (Å²) < 4.78 is 28.2. The highest BCUT2D eigenvalue weighted by Gasteiger charge is 2.33. The van der Waals surface area contributed by atoms with Gasteiger partial charge in [0.15, 0.2) is 0 Å². The van der Waals surface area contributed by atoms with Crippen molar-refractivity contribution in [1.82, 2.24) is 4.31 Å². The molecule has 1 fully saturated rings. The third kappa shape index (κ3) is 4.57. The van der Waals surface area contributed by atoms with E-state index in [0.717, 1.165) is 17.3 Å². The Kier molecular flexibility index (Phi) is 6.31. The summed E-state index contributed by atoms with van der Waals surface area (Å²) in [5, 5.41) is 12.3. The number of anilines is 1. The van der Waals surface area contributed by atoms with Crippen LogP contribution in [0.25, 0.3) is 0 Å². The standard InChI is InChI=1S/C19H21BrN2O4S/c20-15-6-4-7-16(12-15)21-19(24)14-5-3-9-18(11-14)27(25,26)22-10-2-1-8-17(22)13-23/h3-7,9,11-12,17,23H,1-2,8,10,13H2,(H,21,24). The second-order valence-corrected chi connectivity index (χ2v) is 9.25. The summed E-state index contributed by atoms with van der Waals surface area (Å²) in [5.74, 6) is -0.387. The summed E-state index contributed by atoms with van der Waals surface area (Å²) in [5.41, 5.74) is 0.868. The second kappa shape index (κ2) is 8.52. The first-order valence-corrected chi connectivity index (χ1v) is 10.9. The van der Waals surface area contributed by atoms with Crippen LogP contribution in [0.15, 0.2) is 57.9 Å². The van der Waals surface area contributed by atoms with E-state index < -0.39 is 16.1 Å². The Balaban J connectivity index is 1.85. The molecule has 2 aromatic carbocycles. The van der Waals surface area contributed by atoms with Gasteiger partial charge in [0, 0.05) is 28.3 Å². The van der Waals surface area contributed by atoms with Gasteiger partial charge in [-0.2, -0.15) is 4.31 Å². The predicted octanol–water partition coefficient (Wildman–Crippen LogP) is 3.24. The number of nitrogens with one attached hydrogen (secondary N) is 1. The molecule has 0 saturated carbocycles. The minimum absolute atomic E-state index is 0.0599. The Bertz CT molecular complexity index is 933. The van der Waals surface area contributed by atoms with Gasteiger partial charge in [-0.1, -0.05) is 34.5 Å². The smallest absolute Gasteiger partial charge is 0.255 e. The van der Waals surface area contributed by atoms with Crippen molar-refractivity contribution in [2.75, 3.05) is 18.5 Å². The van der Waals surface area contributed by atoms with Crippen LogP contribution < -0.4 is 5.32 Å². The van der Waals surface area contributed by atoms with Gasteiger partial charge in [0.25, 0.3) is 5.91 Å². The molecule has 27 heavy (non-hydrogen) atoms. The number of rotatable bonds is 5. The van der Waals surface area contributed by atoms with E-state index in [1.165, 1.54) is 16.4 Å². The maximum absolute atomic E-state index is 13.0. The normalized spacial score (nSPS) is 18.2. The SMILES string of the molecule is O=C(Nc1cccc(Br)c1)c1cccc(S(=O)(=O)N2CCCCC2CO)c1. The lowest BCUT2D eigenvalue weighted by Crippen LogP contribution is -2.45. The zero-order valence-electron chi connectivity index (χ0n) is 14.6. The van der Waals surface area contributed by atoms with E-state index in [2.05, 4.69) is 21.2 Å². The van der Waals surface area contributed by atoms with Gasteiger partial charge >= 0.3 is 0 Å². The van der Waals surface area contributed by atoms with E-state index in [1.807, 2.05) is 6.07 Å². The number of aliphatic hydroxyl groups is 1. The minimum atomic E-state index is -3.77. The van der Waals surface area contributed by atoms with Gasteiger partial charge in [-0.05, 0) is 49.2 Å². The quantitative estimate of drug-likeness (QED) is 0.728. The maximum Gasteiger partial charge on any atom is 0.255 e. The number of carbonyl (C=O) groups excluding carboxylic acids is 1. The van der Waals surface area contributed by atoms with Crippen LogP contribution in [0.1, 0.15) is 29.6 Å². The summed E-state index contributed by atoms with van der Waals surface area (Å²) in [6, 6.07) is 12.7. The molecule has 3 rings (SSSR count). The van der Waals surface area contributed by atoms with Gasteiger partial charge in [-0.25, -0.2) is 8.42 Å². The lowest BCUT2D eigenvalue weighted by molar-refractivity contribution is 0.102. The van der Waals surface area contributed by atoms with Gasteiger partial charge in [-0.3, -0.25) is 4.79 Å². The van der Waals surface area contributed by atoms with Crippen LogP contribution >= 0.6 is 15.9 Å². The highest BCUT2D eigenvalue weighted by atomic mass is 79.9. The number of nitrogens with zero attached hydrogens (tertiary/aromatic N) is 1. The van der Waals surface area contributed by atoms with Crippen molar-refractivity contribution in [2.45, 2.75) is 30.2 Å². The molecule has 0 aliphatic carbocycles. The molecule has 0 bridgehead atoms.